The molecule has 15 heavy (non-hydrogen) atoms. The summed E-state index contributed by atoms with van der Waals surface area (Å²) in [5.74, 6) is 0. The van der Waals surface area contributed by atoms with Crippen molar-refractivity contribution in [1.82, 2.24) is 0 Å². The van der Waals surface area contributed by atoms with Gasteiger partial charge in [-0.05, 0) is 37.3 Å². The van der Waals surface area contributed by atoms with E-state index >= 15 is 0 Å². The van der Waals surface area contributed by atoms with Crippen LogP contribution in [0.4, 0.5) is 0 Å². The molecule has 1 atom stereocenters. The van der Waals surface area contributed by atoms with Crippen LogP contribution < -0.4 is 0 Å². The molecule has 0 aromatic heterocycles. The lowest BCUT2D eigenvalue weighted by molar-refractivity contribution is 0.0155. The zero-order valence-electron chi connectivity index (χ0n) is 9.23. The number of hydrogen-bond donors (Lipinski definition) is 0. The molecule has 0 N–H and O–H groups in total. The largest absolute Gasteiger partial charge is 0.389 e. The van der Waals surface area contributed by atoms with Crippen molar-refractivity contribution in [2.75, 3.05) is 6.26 Å². The van der Waals surface area contributed by atoms with Gasteiger partial charge in [-0.2, -0.15) is 11.8 Å². The average Bonchev–Trinajstić information content (AvgIpc) is 2.66. The maximum Gasteiger partial charge on any atom is 0.149 e. The molecule has 3 aliphatic rings. The second-order valence-electron chi connectivity index (χ2n) is 4.19. The van der Waals surface area contributed by atoms with Gasteiger partial charge in [-0.25, -0.2) is 0 Å². The van der Waals surface area contributed by atoms with E-state index in [1.165, 1.54) is 11.1 Å². The molecule has 0 radical (unpaired) electrons. The van der Waals surface area contributed by atoms with Crippen LogP contribution in [0.5, 0.6) is 0 Å². The highest BCUT2D eigenvalue weighted by molar-refractivity contribution is 7.99. The van der Waals surface area contributed by atoms with Crippen molar-refractivity contribution in [2.24, 2.45) is 5.16 Å². The summed E-state index contributed by atoms with van der Waals surface area (Å²) in [4.78, 5) is 5.09. The number of thioether (sulfide) groups is 1. The van der Waals surface area contributed by atoms with E-state index in [9.17, 15) is 0 Å². The first-order chi connectivity index (χ1) is 7.13. The van der Waals surface area contributed by atoms with E-state index < -0.39 is 0 Å². The fraction of sp³-hybridized carbons (Fsp3) is 0.417. The molecule has 0 aromatic rings. The van der Waals surface area contributed by atoms with Crippen molar-refractivity contribution >= 4 is 18.0 Å². The summed E-state index contributed by atoms with van der Waals surface area (Å²) in [6.45, 7) is 4.09. The summed E-state index contributed by atoms with van der Waals surface area (Å²) in [7, 11) is 0. The first-order valence-electron chi connectivity index (χ1n) is 4.98. The van der Waals surface area contributed by atoms with E-state index in [0.29, 0.717) is 5.25 Å². The van der Waals surface area contributed by atoms with Crippen LogP contribution in [0.2, 0.25) is 0 Å². The number of oxime groups is 1. The molecule has 0 bridgehead atoms. The Morgan fingerprint density at radius 1 is 1.33 bits per heavy atom. The van der Waals surface area contributed by atoms with Gasteiger partial charge in [0.05, 0.1) is 11.5 Å². The van der Waals surface area contributed by atoms with Crippen LogP contribution in [0.1, 0.15) is 13.8 Å². The second-order valence-corrected chi connectivity index (χ2v) is 5.17. The lowest BCUT2D eigenvalue weighted by Crippen LogP contribution is -2.31. The molecule has 0 aromatic carbocycles. The summed E-state index contributed by atoms with van der Waals surface area (Å²) >= 11 is 1.77. The summed E-state index contributed by atoms with van der Waals surface area (Å²) in [5.41, 5.74) is 2.75. The Labute approximate surface area is 94.7 Å². The quantitative estimate of drug-likeness (QED) is 0.737. The summed E-state index contributed by atoms with van der Waals surface area (Å²) in [6, 6.07) is 8.48. The average molecular weight is 221 g/mol. The van der Waals surface area contributed by atoms with E-state index in [4.69, 9.17) is 4.84 Å². The van der Waals surface area contributed by atoms with Gasteiger partial charge in [-0.15, -0.1) is 0 Å². The fourth-order valence-electron chi connectivity index (χ4n) is 1.47. The minimum atomic E-state index is -0.0978. The molecule has 1 aliphatic heterocycles. The highest BCUT2D eigenvalue weighted by Gasteiger charge is 2.34. The zero-order chi connectivity index (χ0) is 10.9. The van der Waals surface area contributed by atoms with Crippen LogP contribution >= 0.6 is 11.8 Å². The summed E-state index contributed by atoms with van der Waals surface area (Å²) in [5, 5.41) is 4.16. The van der Waals surface area contributed by atoms with Gasteiger partial charge < -0.3 is 4.84 Å². The molecule has 0 fully saturated rings. The second kappa shape index (κ2) is 3.89. The monoisotopic (exact) mass is 221 g/mol. The predicted octanol–water partition coefficient (Wildman–Crippen LogP) is 3.18. The third-order valence-corrected chi connectivity index (χ3v) is 3.73. The molecule has 3 heteroatoms. The third-order valence-electron chi connectivity index (χ3n) is 2.54. The van der Waals surface area contributed by atoms with Crippen molar-refractivity contribution in [3.05, 3.63) is 24.3 Å². The molecule has 1 unspecified atom stereocenters. The number of hydrogen-bond acceptors (Lipinski definition) is 3. The number of benzene rings is 1. The van der Waals surface area contributed by atoms with Crippen molar-refractivity contribution in [1.29, 1.82) is 0 Å². The van der Waals surface area contributed by atoms with E-state index in [1.54, 1.807) is 11.8 Å². The van der Waals surface area contributed by atoms with Crippen molar-refractivity contribution in [2.45, 2.75) is 24.7 Å². The molecule has 3 rings (SSSR count). The Bertz CT molecular complexity index is 370. The van der Waals surface area contributed by atoms with Crippen LogP contribution in [0.15, 0.2) is 29.4 Å². The molecule has 0 saturated carbocycles. The third kappa shape index (κ3) is 2.34. The molecule has 1 heterocycles. The maximum atomic E-state index is 5.09. The predicted molar refractivity (Wildman–Crippen MR) is 66.4 cm³/mol. The van der Waals surface area contributed by atoms with Crippen LogP contribution in [0.25, 0.3) is 11.1 Å². The smallest absolute Gasteiger partial charge is 0.149 e. The van der Waals surface area contributed by atoms with Crippen molar-refractivity contribution in [3.8, 4) is 11.1 Å². The van der Waals surface area contributed by atoms with Crippen LogP contribution in [-0.2, 0) is 4.84 Å². The maximum absolute atomic E-state index is 5.09. The van der Waals surface area contributed by atoms with E-state index in [0.717, 1.165) is 0 Å². The van der Waals surface area contributed by atoms with Crippen molar-refractivity contribution < 1.29 is 4.84 Å². The van der Waals surface area contributed by atoms with Gasteiger partial charge in [0.15, 0.2) is 0 Å². The lowest BCUT2D eigenvalue weighted by Gasteiger charge is -2.20. The van der Waals surface area contributed by atoms with E-state index in [2.05, 4.69) is 35.7 Å². The molecule has 0 spiro atoms. The highest BCUT2D eigenvalue weighted by atomic mass is 32.2. The Kier molecular flexibility index (Phi) is 2.74. The van der Waals surface area contributed by atoms with Gasteiger partial charge >= 0.3 is 0 Å². The zero-order valence-corrected chi connectivity index (χ0v) is 10.0. The molecule has 0 amide bonds. The summed E-state index contributed by atoms with van der Waals surface area (Å²) in [6.07, 6.45) is 3.91. The minimum Gasteiger partial charge on any atom is -0.389 e. The standard InChI is InChI=1S/C6H11NOS.C6H4/c1-6(2)5(9-3)4-7-8-6;1-2-5-4-6(5)3-1/h4-5H,1-3H3;1-4H. The Morgan fingerprint density at radius 3 is 2.20 bits per heavy atom. The van der Waals surface area contributed by atoms with Crippen LogP contribution in [-0.4, -0.2) is 23.3 Å². The molecule has 0 saturated heterocycles. The Hall–Kier alpha value is -0.960. The molecule has 80 valence electrons. The minimum absolute atomic E-state index is 0.0978. The van der Waals surface area contributed by atoms with Gasteiger partial charge in [0, 0.05) is 0 Å². The van der Waals surface area contributed by atoms with Gasteiger partial charge in [-0.1, -0.05) is 23.4 Å². The number of fused-ring (bicyclic) bond motifs is 1. The van der Waals surface area contributed by atoms with Gasteiger partial charge in [0.2, 0.25) is 0 Å². The van der Waals surface area contributed by atoms with E-state index in [-0.39, 0.29) is 5.60 Å². The molecule has 2 aliphatic carbocycles. The molecular weight excluding hydrogens is 206 g/mol. The van der Waals surface area contributed by atoms with Crippen LogP contribution in [0.3, 0.4) is 0 Å². The van der Waals surface area contributed by atoms with Crippen molar-refractivity contribution in [3.63, 3.8) is 0 Å². The van der Waals surface area contributed by atoms with Gasteiger partial charge in [0.25, 0.3) is 0 Å². The number of rotatable bonds is 1. The molecular formula is C12H15NOS. The summed E-state index contributed by atoms with van der Waals surface area (Å²) < 4.78 is 0. The number of nitrogens with zero attached hydrogens (tertiary/aromatic N) is 1. The SMILES string of the molecule is CSC1C=NOC1(C)C.c1cc2cc-2c1. The Balaban J connectivity index is 0.000000121. The van der Waals surface area contributed by atoms with Crippen LogP contribution in [0, 0.1) is 0 Å². The lowest BCUT2D eigenvalue weighted by atomic mass is 10.1. The van der Waals surface area contributed by atoms with Gasteiger partial charge in [0.1, 0.15) is 5.60 Å². The highest BCUT2D eigenvalue weighted by Crippen LogP contribution is 2.32. The first-order valence-corrected chi connectivity index (χ1v) is 6.27. The first kappa shape index (κ1) is 10.6. The fourth-order valence-corrected chi connectivity index (χ4v) is 2.26. The normalized spacial score (nSPS) is 22.7. The van der Waals surface area contributed by atoms with E-state index in [1.807, 2.05) is 20.1 Å². The topological polar surface area (TPSA) is 21.6 Å². The molecule has 2 nitrogen and oxygen atoms in total. The van der Waals surface area contributed by atoms with Gasteiger partial charge in [-0.3, -0.25) is 0 Å². The Morgan fingerprint density at radius 2 is 2.00 bits per heavy atom.